The van der Waals surface area contributed by atoms with Crippen LogP contribution in [0, 0.1) is 12.7 Å². The van der Waals surface area contributed by atoms with Gasteiger partial charge in [0.05, 0.1) is 10.6 Å². The van der Waals surface area contributed by atoms with Crippen LogP contribution in [-0.2, 0) is 11.3 Å². The van der Waals surface area contributed by atoms with Crippen LogP contribution < -0.4 is 5.73 Å². The third-order valence-corrected chi connectivity index (χ3v) is 3.21. The summed E-state index contributed by atoms with van der Waals surface area (Å²) in [4.78, 5) is 11.9. The lowest BCUT2D eigenvalue weighted by atomic mass is 10.1. The lowest BCUT2D eigenvalue weighted by Gasteiger charge is -2.09. The average molecular weight is 294 g/mol. The zero-order valence-corrected chi connectivity index (χ0v) is 11.6. The van der Waals surface area contributed by atoms with Gasteiger partial charge in [0.2, 0.25) is 0 Å². The molecule has 2 aromatic carbocycles. The van der Waals surface area contributed by atoms with Crippen molar-refractivity contribution in [3.05, 3.63) is 63.9 Å². The Morgan fingerprint density at radius 2 is 2.05 bits per heavy atom. The summed E-state index contributed by atoms with van der Waals surface area (Å²) in [5.41, 5.74) is 7.67. The Morgan fingerprint density at radius 3 is 2.80 bits per heavy atom. The molecule has 0 aliphatic carbocycles. The molecule has 0 saturated carbocycles. The number of nitrogen functional groups attached to an aromatic ring is 1. The molecule has 0 amide bonds. The molecule has 0 radical (unpaired) electrons. The number of anilines is 1. The average Bonchev–Trinajstić information content (AvgIpc) is 2.42. The maximum Gasteiger partial charge on any atom is 0.340 e. The number of rotatable bonds is 3. The first-order chi connectivity index (χ1) is 9.47. The SMILES string of the molecule is Cc1ccc(F)cc1COC(=O)c1cc(N)ccc1Cl. The van der Waals surface area contributed by atoms with Crippen molar-refractivity contribution in [1.82, 2.24) is 0 Å². The zero-order valence-electron chi connectivity index (χ0n) is 10.8. The highest BCUT2D eigenvalue weighted by molar-refractivity contribution is 6.33. The molecular weight excluding hydrogens is 281 g/mol. The van der Waals surface area contributed by atoms with Crippen LogP contribution in [0.15, 0.2) is 36.4 Å². The number of hydrogen-bond acceptors (Lipinski definition) is 3. The number of aryl methyl sites for hydroxylation is 1. The van der Waals surface area contributed by atoms with Crippen LogP contribution in [0.2, 0.25) is 5.02 Å². The van der Waals surface area contributed by atoms with Gasteiger partial charge in [0.1, 0.15) is 12.4 Å². The van der Waals surface area contributed by atoms with Crippen molar-refractivity contribution in [1.29, 1.82) is 0 Å². The van der Waals surface area contributed by atoms with E-state index in [9.17, 15) is 9.18 Å². The summed E-state index contributed by atoms with van der Waals surface area (Å²) in [5.74, 6) is -0.963. The molecule has 0 aliphatic rings. The predicted octanol–water partition coefficient (Wildman–Crippen LogP) is 3.73. The first-order valence-corrected chi connectivity index (χ1v) is 6.32. The van der Waals surface area contributed by atoms with Crippen LogP contribution in [0.3, 0.4) is 0 Å². The Bertz CT molecular complexity index is 658. The van der Waals surface area contributed by atoms with Gasteiger partial charge in [-0.25, -0.2) is 9.18 Å². The first kappa shape index (κ1) is 14.3. The van der Waals surface area contributed by atoms with Gasteiger partial charge >= 0.3 is 5.97 Å². The van der Waals surface area contributed by atoms with Gasteiger partial charge in [-0.05, 0) is 48.4 Å². The Hall–Kier alpha value is -2.07. The third kappa shape index (κ3) is 3.27. The standard InChI is InChI=1S/C15H13ClFNO2/c1-9-2-3-11(17)6-10(9)8-20-15(19)13-7-12(18)4-5-14(13)16/h2-7H,8,18H2,1H3. The first-order valence-electron chi connectivity index (χ1n) is 5.94. The maximum absolute atomic E-state index is 13.1. The second kappa shape index (κ2) is 5.92. The minimum atomic E-state index is -0.592. The summed E-state index contributed by atoms with van der Waals surface area (Å²) < 4.78 is 18.3. The van der Waals surface area contributed by atoms with E-state index < -0.39 is 5.97 Å². The van der Waals surface area contributed by atoms with Gasteiger partial charge in [-0.15, -0.1) is 0 Å². The van der Waals surface area contributed by atoms with Crippen LogP contribution in [-0.4, -0.2) is 5.97 Å². The fourth-order valence-corrected chi connectivity index (χ4v) is 1.91. The summed E-state index contributed by atoms with van der Waals surface area (Å²) in [6, 6.07) is 8.89. The van der Waals surface area contributed by atoms with Crippen LogP contribution in [0.5, 0.6) is 0 Å². The van der Waals surface area contributed by atoms with Crippen molar-refractivity contribution in [3.8, 4) is 0 Å². The number of nitrogens with two attached hydrogens (primary N) is 1. The second-order valence-electron chi connectivity index (χ2n) is 4.39. The molecule has 2 N–H and O–H groups in total. The largest absolute Gasteiger partial charge is 0.457 e. The highest BCUT2D eigenvalue weighted by Crippen LogP contribution is 2.20. The minimum Gasteiger partial charge on any atom is -0.457 e. The van der Waals surface area contributed by atoms with E-state index in [0.29, 0.717) is 11.3 Å². The molecule has 0 spiro atoms. The van der Waals surface area contributed by atoms with Crippen molar-refractivity contribution in [3.63, 3.8) is 0 Å². The van der Waals surface area contributed by atoms with Gasteiger partial charge in [-0.1, -0.05) is 17.7 Å². The predicted molar refractivity (Wildman–Crippen MR) is 76.1 cm³/mol. The zero-order chi connectivity index (χ0) is 14.7. The molecule has 104 valence electrons. The van der Waals surface area contributed by atoms with Gasteiger partial charge in [0.15, 0.2) is 0 Å². The quantitative estimate of drug-likeness (QED) is 0.693. The number of ether oxygens (including phenoxy) is 1. The maximum atomic E-state index is 13.1. The molecule has 0 fully saturated rings. The normalized spacial score (nSPS) is 10.3. The minimum absolute atomic E-state index is 0.0203. The molecule has 0 aromatic heterocycles. The van der Waals surface area contributed by atoms with E-state index >= 15 is 0 Å². The summed E-state index contributed by atoms with van der Waals surface area (Å²) in [6.45, 7) is 1.80. The molecule has 2 rings (SSSR count). The smallest absolute Gasteiger partial charge is 0.340 e. The Morgan fingerprint density at radius 1 is 1.30 bits per heavy atom. The molecule has 5 heteroatoms. The van der Waals surface area contributed by atoms with Crippen molar-refractivity contribution in [2.45, 2.75) is 13.5 Å². The van der Waals surface area contributed by atoms with E-state index in [1.165, 1.54) is 24.3 Å². The third-order valence-electron chi connectivity index (χ3n) is 2.88. The van der Waals surface area contributed by atoms with Crippen LogP contribution >= 0.6 is 11.6 Å². The fourth-order valence-electron chi connectivity index (χ4n) is 1.72. The highest BCUT2D eigenvalue weighted by atomic mass is 35.5. The molecule has 0 aliphatic heterocycles. The van der Waals surface area contributed by atoms with Crippen molar-refractivity contribution >= 4 is 23.3 Å². The van der Waals surface area contributed by atoms with E-state index in [-0.39, 0.29) is 23.0 Å². The van der Waals surface area contributed by atoms with Crippen molar-refractivity contribution in [2.24, 2.45) is 0 Å². The van der Waals surface area contributed by atoms with Gasteiger partial charge in [-0.2, -0.15) is 0 Å². The van der Waals surface area contributed by atoms with Crippen LogP contribution in [0.25, 0.3) is 0 Å². The molecule has 0 heterocycles. The van der Waals surface area contributed by atoms with Crippen LogP contribution in [0.4, 0.5) is 10.1 Å². The lowest BCUT2D eigenvalue weighted by molar-refractivity contribution is 0.0472. The van der Waals surface area contributed by atoms with Crippen molar-refractivity contribution < 1.29 is 13.9 Å². The van der Waals surface area contributed by atoms with E-state index in [2.05, 4.69) is 0 Å². The van der Waals surface area contributed by atoms with Gasteiger partial charge in [-0.3, -0.25) is 0 Å². The molecule has 3 nitrogen and oxygen atoms in total. The van der Waals surface area contributed by atoms with Crippen LogP contribution in [0.1, 0.15) is 21.5 Å². The summed E-state index contributed by atoms with van der Waals surface area (Å²) >= 11 is 5.91. The van der Waals surface area contributed by atoms with E-state index in [4.69, 9.17) is 22.1 Å². The fraction of sp³-hybridized carbons (Fsp3) is 0.133. The lowest BCUT2D eigenvalue weighted by Crippen LogP contribution is -2.07. The molecule has 0 unspecified atom stereocenters. The number of halogens is 2. The molecule has 0 bridgehead atoms. The monoisotopic (exact) mass is 293 g/mol. The topological polar surface area (TPSA) is 52.3 Å². The van der Waals surface area contributed by atoms with Gasteiger partial charge < -0.3 is 10.5 Å². The summed E-state index contributed by atoms with van der Waals surface area (Å²) in [7, 11) is 0. The Balaban J connectivity index is 2.12. The summed E-state index contributed by atoms with van der Waals surface area (Å²) in [6.07, 6.45) is 0. The highest BCUT2D eigenvalue weighted by Gasteiger charge is 2.13. The Kier molecular flexibility index (Phi) is 4.25. The van der Waals surface area contributed by atoms with Gasteiger partial charge in [0.25, 0.3) is 0 Å². The number of esters is 1. The number of carbonyl (C=O) groups is 1. The number of benzene rings is 2. The molecule has 2 aromatic rings. The van der Waals surface area contributed by atoms with E-state index in [0.717, 1.165) is 5.56 Å². The molecule has 0 saturated heterocycles. The number of hydrogen-bond donors (Lipinski definition) is 1. The van der Waals surface area contributed by atoms with E-state index in [1.54, 1.807) is 12.1 Å². The van der Waals surface area contributed by atoms with E-state index in [1.807, 2.05) is 6.92 Å². The van der Waals surface area contributed by atoms with Gasteiger partial charge in [0, 0.05) is 5.69 Å². The summed E-state index contributed by atoms with van der Waals surface area (Å²) in [5, 5.41) is 0.264. The van der Waals surface area contributed by atoms with Crippen molar-refractivity contribution in [2.75, 3.05) is 5.73 Å². The molecule has 20 heavy (non-hydrogen) atoms. The Labute approximate surface area is 121 Å². The second-order valence-corrected chi connectivity index (χ2v) is 4.79. The number of carbonyl (C=O) groups excluding carboxylic acids is 1. The molecular formula is C15H13ClFNO2. The molecule has 0 atom stereocenters.